The number of rotatable bonds is 1. The van der Waals surface area contributed by atoms with Crippen molar-refractivity contribution < 1.29 is 9.53 Å². The van der Waals surface area contributed by atoms with Gasteiger partial charge < -0.3 is 9.64 Å². The normalized spacial score (nSPS) is 37.0. The molecule has 0 spiro atoms. The molecule has 4 aliphatic rings. The SMILES string of the molecule is O=C(c1ccccc1)N1C2CC3CC1CC(C2)O3. The Morgan fingerprint density at radius 1 is 1.00 bits per heavy atom. The van der Waals surface area contributed by atoms with E-state index in [9.17, 15) is 4.79 Å². The van der Waals surface area contributed by atoms with Crippen LogP contribution in [0.25, 0.3) is 0 Å². The van der Waals surface area contributed by atoms with Gasteiger partial charge in [0, 0.05) is 17.6 Å². The lowest BCUT2D eigenvalue weighted by atomic mass is 9.78. The van der Waals surface area contributed by atoms with Crippen molar-refractivity contribution in [3.05, 3.63) is 35.9 Å². The molecule has 0 atom stereocenters. The molecule has 3 heteroatoms. The van der Waals surface area contributed by atoms with Crippen molar-refractivity contribution >= 4 is 5.91 Å². The molecule has 0 radical (unpaired) electrons. The van der Waals surface area contributed by atoms with Gasteiger partial charge in [-0.05, 0) is 37.8 Å². The molecule has 0 N–H and O–H groups in total. The average Bonchev–Trinajstić information content (AvgIpc) is 2.38. The third-order valence-electron chi connectivity index (χ3n) is 4.57. The number of carbonyl (C=O) groups excluding carboxylic acids is 1. The van der Waals surface area contributed by atoms with E-state index in [2.05, 4.69) is 4.90 Å². The Kier molecular flexibility index (Phi) is 2.24. The molecule has 4 fully saturated rings. The summed E-state index contributed by atoms with van der Waals surface area (Å²) in [6.07, 6.45) is 4.95. The van der Waals surface area contributed by atoms with Crippen LogP contribution in [0.1, 0.15) is 36.0 Å². The standard InChI is InChI=1S/C15H17NO2/c17-15(10-4-2-1-3-5-10)16-11-6-13-8-12(16)9-14(7-11)18-13/h1-5,11-14H,6-9H2. The maximum absolute atomic E-state index is 12.6. The Hall–Kier alpha value is -1.35. The van der Waals surface area contributed by atoms with Gasteiger partial charge in [0.05, 0.1) is 12.2 Å². The van der Waals surface area contributed by atoms with Crippen LogP contribution in [0.4, 0.5) is 0 Å². The molecule has 0 aromatic heterocycles. The Morgan fingerprint density at radius 2 is 1.56 bits per heavy atom. The number of ether oxygens (including phenoxy) is 1. The molecule has 4 bridgehead atoms. The van der Waals surface area contributed by atoms with Gasteiger partial charge in [0.15, 0.2) is 0 Å². The lowest BCUT2D eigenvalue weighted by molar-refractivity contribution is -0.169. The highest BCUT2D eigenvalue weighted by molar-refractivity contribution is 5.94. The van der Waals surface area contributed by atoms with Gasteiger partial charge in [0.25, 0.3) is 5.91 Å². The maximum Gasteiger partial charge on any atom is 0.254 e. The number of hydrogen-bond donors (Lipinski definition) is 0. The van der Waals surface area contributed by atoms with Gasteiger partial charge in [0.2, 0.25) is 0 Å². The molecular formula is C15H17NO2. The van der Waals surface area contributed by atoms with Crippen LogP contribution in [0.15, 0.2) is 30.3 Å². The molecule has 1 aromatic carbocycles. The fourth-order valence-electron chi connectivity index (χ4n) is 3.91. The lowest BCUT2D eigenvalue weighted by Gasteiger charge is -2.56. The zero-order valence-electron chi connectivity index (χ0n) is 10.3. The van der Waals surface area contributed by atoms with E-state index in [4.69, 9.17) is 4.74 Å². The van der Waals surface area contributed by atoms with E-state index >= 15 is 0 Å². The Balaban J connectivity index is 1.64. The molecular weight excluding hydrogens is 226 g/mol. The number of benzene rings is 1. The summed E-state index contributed by atoms with van der Waals surface area (Å²) < 4.78 is 5.92. The molecule has 4 saturated heterocycles. The summed E-state index contributed by atoms with van der Waals surface area (Å²) in [7, 11) is 0. The number of nitrogens with zero attached hydrogens (tertiary/aromatic N) is 1. The van der Waals surface area contributed by atoms with Gasteiger partial charge >= 0.3 is 0 Å². The third kappa shape index (κ3) is 1.50. The van der Waals surface area contributed by atoms with E-state index < -0.39 is 0 Å². The van der Waals surface area contributed by atoms with Crippen molar-refractivity contribution in [3.8, 4) is 0 Å². The highest BCUT2D eigenvalue weighted by Gasteiger charge is 2.49. The van der Waals surface area contributed by atoms with Crippen LogP contribution in [0.3, 0.4) is 0 Å². The highest BCUT2D eigenvalue weighted by atomic mass is 16.5. The van der Waals surface area contributed by atoms with Crippen molar-refractivity contribution in [2.24, 2.45) is 0 Å². The van der Waals surface area contributed by atoms with Crippen molar-refractivity contribution in [3.63, 3.8) is 0 Å². The first-order chi connectivity index (χ1) is 8.81. The molecule has 1 aromatic rings. The maximum atomic E-state index is 12.6. The summed E-state index contributed by atoms with van der Waals surface area (Å²) in [6.45, 7) is 0. The molecule has 0 unspecified atom stereocenters. The van der Waals surface area contributed by atoms with Crippen molar-refractivity contribution in [2.75, 3.05) is 0 Å². The third-order valence-corrected chi connectivity index (χ3v) is 4.57. The van der Waals surface area contributed by atoms with Crippen LogP contribution in [-0.4, -0.2) is 35.1 Å². The van der Waals surface area contributed by atoms with E-state index in [-0.39, 0.29) is 5.91 Å². The number of hydrogen-bond acceptors (Lipinski definition) is 2. The van der Waals surface area contributed by atoms with Crippen molar-refractivity contribution in [2.45, 2.75) is 50.0 Å². The van der Waals surface area contributed by atoms with Crippen molar-refractivity contribution in [1.29, 1.82) is 0 Å². The van der Waals surface area contributed by atoms with Crippen LogP contribution in [0.2, 0.25) is 0 Å². The second kappa shape index (κ2) is 3.82. The predicted molar refractivity (Wildman–Crippen MR) is 67.3 cm³/mol. The minimum Gasteiger partial charge on any atom is -0.375 e. The lowest BCUT2D eigenvalue weighted by Crippen LogP contribution is -2.63. The summed E-state index contributed by atoms with van der Waals surface area (Å²) in [6, 6.07) is 10.5. The highest BCUT2D eigenvalue weighted by Crippen LogP contribution is 2.43. The summed E-state index contributed by atoms with van der Waals surface area (Å²) in [5.74, 6) is 0.212. The molecule has 3 nitrogen and oxygen atoms in total. The Bertz CT molecular complexity index is 443. The van der Waals surface area contributed by atoms with E-state index in [0.29, 0.717) is 24.3 Å². The molecule has 0 aliphatic carbocycles. The largest absolute Gasteiger partial charge is 0.375 e. The molecule has 4 aliphatic heterocycles. The van der Waals surface area contributed by atoms with E-state index in [0.717, 1.165) is 31.2 Å². The molecule has 18 heavy (non-hydrogen) atoms. The van der Waals surface area contributed by atoms with E-state index in [1.165, 1.54) is 0 Å². The first-order valence-corrected chi connectivity index (χ1v) is 6.84. The topological polar surface area (TPSA) is 29.5 Å². The van der Waals surface area contributed by atoms with Gasteiger partial charge in [-0.1, -0.05) is 18.2 Å². The predicted octanol–water partition coefficient (Wildman–Crippen LogP) is 2.22. The van der Waals surface area contributed by atoms with Crippen LogP contribution in [0, 0.1) is 0 Å². The number of carbonyl (C=O) groups is 1. The Morgan fingerprint density at radius 3 is 2.11 bits per heavy atom. The second-order valence-electron chi connectivity index (χ2n) is 5.71. The van der Waals surface area contributed by atoms with E-state index in [1.54, 1.807) is 0 Å². The van der Waals surface area contributed by atoms with Crippen LogP contribution >= 0.6 is 0 Å². The minimum absolute atomic E-state index is 0.212. The van der Waals surface area contributed by atoms with Crippen molar-refractivity contribution in [1.82, 2.24) is 4.90 Å². The second-order valence-corrected chi connectivity index (χ2v) is 5.71. The van der Waals surface area contributed by atoms with E-state index in [1.807, 2.05) is 30.3 Å². The van der Waals surface area contributed by atoms with Gasteiger partial charge in [0.1, 0.15) is 0 Å². The summed E-state index contributed by atoms with van der Waals surface area (Å²) in [4.78, 5) is 14.8. The minimum atomic E-state index is 0.212. The van der Waals surface area contributed by atoms with Crippen LogP contribution < -0.4 is 0 Å². The molecule has 5 rings (SSSR count). The molecule has 94 valence electrons. The average molecular weight is 243 g/mol. The molecule has 4 heterocycles. The van der Waals surface area contributed by atoms with Crippen LogP contribution in [0.5, 0.6) is 0 Å². The van der Waals surface area contributed by atoms with Gasteiger partial charge in [-0.15, -0.1) is 0 Å². The fourth-order valence-corrected chi connectivity index (χ4v) is 3.91. The fraction of sp³-hybridized carbons (Fsp3) is 0.533. The van der Waals surface area contributed by atoms with Crippen LogP contribution in [-0.2, 0) is 4.74 Å². The Labute approximate surface area is 107 Å². The zero-order chi connectivity index (χ0) is 12.1. The first-order valence-electron chi connectivity index (χ1n) is 6.84. The number of piperidine rings is 2. The van der Waals surface area contributed by atoms with Gasteiger partial charge in [-0.2, -0.15) is 0 Å². The number of amides is 1. The smallest absolute Gasteiger partial charge is 0.254 e. The summed E-state index contributed by atoms with van der Waals surface area (Å²) in [5, 5.41) is 0. The van der Waals surface area contributed by atoms with Gasteiger partial charge in [-0.3, -0.25) is 4.79 Å². The summed E-state index contributed by atoms with van der Waals surface area (Å²) >= 11 is 0. The first kappa shape index (κ1) is 10.6. The quantitative estimate of drug-likeness (QED) is 0.757. The van der Waals surface area contributed by atoms with Gasteiger partial charge in [-0.25, -0.2) is 0 Å². The summed E-state index contributed by atoms with van der Waals surface area (Å²) in [5.41, 5.74) is 0.825. The zero-order valence-corrected chi connectivity index (χ0v) is 10.3. The molecule has 1 amide bonds. The molecule has 0 saturated carbocycles. The monoisotopic (exact) mass is 243 g/mol.